The van der Waals surface area contributed by atoms with Crippen LogP contribution in [0.2, 0.25) is 0 Å². The molecule has 0 spiro atoms. The quantitative estimate of drug-likeness (QED) is 0.781. The van der Waals surface area contributed by atoms with E-state index in [1.165, 1.54) is 19.3 Å². The van der Waals surface area contributed by atoms with E-state index in [4.69, 9.17) is 5.11 Å². The fraction of sp³-hybridized carbons (Fsp3) is 0.846. The van der Waals surface area contributed by atoms with Crippen LogP contribution in [0.4, 0.5) is 0 Å². The average molecular weight is 293 g/mol. The molecule has 1 atom stereocenters. The van der Waals surface area contributed by atoms with E-state index in [-0.39, 0.29) is 30.8 Å². The number of carbonyl (C=O) groups is 2. The number of halogens is 1. The molecule has 2 N–H and O–H groups in total. The van der Waals surface area contributed by atoms with Crippen LogP contribution in [0.1, 0.15) is 45.4 Å². The largest absolute Gasteiger partial charge is 0.481 e. The number of rotatable bonds is 6. The van der Waals surface area contributed by atoms with E-state index in [9.17, 15) is 9.59 Å². The lowest BCUT2D eigenvalue weighted by molar-refractivity contribution is -0.138. The van der Waals surface area contributed by atoms with Crippen LogP contribution in [-0.2, 0) is 9.59 Å². The zero-order valence-corrected chi connectivity index (χ0v) is 12.5. The number of hydrogen-bond acceptors (Lipinski definition) is 3. The van der Waals surface area contributed by atoms with E-state index >= 15 is 0 Å². The first-order chi connectivity index (χ1) is 8.50. The van der Waals surface area contributed by atoms with Gasteiger partial charge in [0.25, 0.3) is 0 Å². The minimum atomic E-state index is -0.832. The summed E-state index contributed by atoms with van der Waals surface area (Å²) >= 11 is 0. The number of carbonyl (C=O) groups excluding carboxylic acids is 1. The van der Waals surface area contributed by atoms with Crippen molar-refractivity contribution in [3.8, 4) is 0 Å². The number of carboxylic acid groups (broad SMARTS) is 1. The summed E-state index contributed by atoms with van der Waals surface area (Å²) in [5.41, 5.74) is 0. The molecule has 0 aromatic heterocycles. The van der Waals surface area contributed by atoms with Crippen molar-refractivity contribution in [2.75, 3.05) is 13.6 Å². The lowest BCUT2D eigenvalue weighted by Crippen LogP contribution is -2.47. The predicted molar refractivity (Wildman–Crippen MR) is 76.6 cm³/mol. The van der Waals surface area contributed by atoms with Crippen molar-refractivity contribution in [3.05, 3.63) is 0 Å². The van der Waals surface area contributed by atoms with Gasteiger partial charge in [-0.25, -0.2) is 0 Å². The summed E-state index contributed by atoms with van der Waals surface area (Å²) in [7, 11) is 1.79. The maximum atomic E-state index is 12.0. The molecule has 1 rings (SSSR count). The molecule has 19 heavy (non-hydrogen) atoms. The minimum Gasteiger partial charge on any atom is -0.481 e. The molecule has 0 radical (unpaired) electrons. The first-order valence-corrected chi connectivity index (χ1v) is 6.73. The standard InChI is InChI=1S/C13H24N2O3.ClH/c1-10(15(2)9-8-12(16)17)13(18)14-11-6-4-3-5-7-11;/h10-11H,3-9H2,1-2H3,(H,14,18)(H,16,17);1H. The number of nitrogens with zero attached hydrogens (tertiary/aromatic N) is 1. The van der Waals surface area contributed by atoms with E-state index in [1.807, 2.05) is 6.92 Å². The lowest BCUT2D eigenvalue weighted by atomic mass is 9.95. The Hall–Kier alpha value is -0.810. The van der Waals surface area contributed by atoms with Crippen molar-refractivity contribution in [1.82, 2.24) is 10.2 Å². The fourth-order valence-electron chi connectivity index (χ4n) is 2.23. The zero-order valence-electron chi connectivity index (χ0n) is 11.7. The third kappa shape index (κ3) is 6.78. The van der Waals surface area contributed by atoms with Crippen LogP contribution in [0.15, 0.2) is 0 Å². The molecule has 0 aromatic rings. The summed E-state index contributed by atoms with van der Waals surface area (Å²) < 4.78 is 0. The minimum absolute atomic E-state index is 0. The van der Waals surface area contributed by atoms with E-state index in [1.54, 1.807) is 11.9 Å². The highest BCUT2D eigenvalue weighted by molar-refractivity contribution is 5.85. The smallest absolute Gasteiger partial charge is 0.304 e. The maximum Gasteiger partial charge on any atom is 0.304 e. The van der Waals surface area contributed by atoms with Crippen LogP contribution in [0, 0.1) is 0 Å². The molecule has 0 aliphatic heterocycles. The molecule has 0 bridgehead atoms. The Kier molecular flexibility index (Phi) is 8.76. The van der Waals surface area contributed by atoms with Crippen molar-refractivity contribution in [1.29, 1.82) is 0 Å². The number of carboxylic acids is 1. The summed E-state index contributed by atoms with van der Waals surface area (Å²) in [5, 5.41) is 11.7. The maximum absolute atomic E-state index is 12.0. The third-order valence-electron chi connectivity index (χ3n) is 3.67. The van der Waals surface area contributed by atoms with Gasteiger partial charge in [0.1, 0.15) is 0 Å². The first-order valence-electron chi connectivity index (χ1n) is 6.73. The highest BCUT2D eigenvalue weighted by Crippen LogP contribution is 2.17. The third-order valence-corrected chi connectivity index (χ3v) is 3.67. The van der Waals surface area contributed by atoms with Gasteiger partial charge >= 0.3 is 5.97 Å². The van der Waals surface area contributed by atoms with Crippen LogP contribution >= 0.6 is 12.4 Å². The molecule has 1 fully saturated rings. The molecule has 0 aromatic carbocycles. The summed E-state index contributed by atoms with van der Waals surface area (Å²) in [5.74, 6) is -0.823. The Morgan fingerprint density at radius 2 is 1.89 bits per heavy atom. The van der Waals surface area contributed by atoms with Crippen LogP contribution in [-0.4, -0.2) is 47.6 Å². The van der Waals surface area contributed by atoms with Gasteiger partial charge in [-0.15, -0.1) is 12.4 Å². The normalized spacial score (nSPS) is 17.6. The van der Waals surface area contributed by atoms with Gasteiger partial charge in [0.05, 0.1) is 12.5 Å². The van der Waals surface area contributed by atoms with Gasteiger partial charge in [-0.3, -0.25) is 14.5 Å². The van der Waals surface area contributed by atoms with Gasteiger partial charge in [-0.1, -0.05) is 19.3 Å². The summed E-state index contributed by atoms with van der Waals surface area (Å²) in [6, 6.07) is 0.0350. The Morgan fingerprint density at radius 1 is 1.32 bits per heavy atom. The Morgan fingerprint density at radius 3 is 2.42 bits per heavy atom. The molecule has 1 aliphatic rings. The van der Waals surface area contributed by atoms with Crippen molar-refractivity contribution in [3.63, 3.8) is 0 Å². The Bertz CT molecular complexity index is 294. The number of hydrogen-bond donors (Lipinski definition) is 2. The fourth-order valence-corrected chi connectivity index (χ4v) is 2.23. The van der Waals surface area contributed by atoms with E-state index in [0.29, 0.717) is 12.6 Å². The number of nitrogens with one attached hydrogen (secondary N) is 1. The van der Waals surface area contributed by atoms with Crippen molar-refractivity contribution >= 4 is 24.3 Å². The van der Waals surface area contributed by atoms with Crippen molar-refractivity contribution in [2.24, 2.45) is 0 Å². The van der Waals surface area contributed by atoms with E-state index in [0.717, 1.165) is 12.8 Å². The van der Waals surface area contributed by atoms with Gasteiger partial charge in [0.15, 0.2) is 0 Å². The van der Waals surface area contributed by atoms with Crippen molar-refractivity contribution < 1.29 is 14.7 Å². The van der Waals surface area contributed by atoms with Crippen molar-refractivity contribution in [2.45, 2.75) is 57.5 Å². The van der Waals surface area contributed by atoms with Gasteiger partial charge < -0.3 is 10.4 Å². The summed E-state index contributed by atoms with van der Waals surface area (Å²) in [4.78, 5) is 24.3. The van der Waals surface area contributed by atoms with Gasteiger partial charge in [-0.2, -0.15) is 0 Å². The molecule has 5 nitrogen and oxygen atoms in total. The van der Waals surface area contributed by atoms with Crippen LogP contribution < -0.4 is 5.32 Å². The molecule has 1 amide bonds. The second-order valence-corrected chi connectivity index (χ2v) is 5.14. The SMILES string of the molecule is CC(C(=O)NC1CCCCC1)N(C)CCC(=O)O.Cl. The van der Waals surface area contributed by atoms with E-state index < -0.39 is 5.97 Å². The molecular weight excluding hydrogens is 268 g/mol. The molecule has 6 heteroatoms. The monoisotopic (exact) mass is 292 g/mol. The van der Waals surface area contributed by atoms with Gasteiger partial charge in [0, 0.05) is 12.6 Å². The zero-order chi connectivity index (χ0) is 13.5. The second-order valence-electron chi connectivity index (χ2n) is 5.14. The molecule has 0 saturated heterocycles. The van der Waals surface area contributed by atoms with Crippen LogP contribution in [0.25, 0.3) is 0 Å². The second kappa shape index (κ2) is 9.15. The van der Waals surface area contributed by atoms with Crippen LogP contribution in [0.5, 0.6) is 0 Å². The predicted octanol–water partition coefficient (Wildman–Crippen LogP) is 1.65. The summed E-state index contributed by atoms with van der Waals surface area (Å²) in [6.07, 6.45) is 5.84. The lowest BCUT2D eigenvalue weighted by Gasteiger charge is -2.28. The highest BCUT2D eigenvalue weighted by atomic mass is 35.5. The number of amides is 1. The molecule has 1 aliphatic carbocycles. The first kappa shape index (κ1) is 18.2. The summed E-state index contributed by atoms with van der Waals surface area (Å²) in [6.45, 7) is 2.22. The molecule has 1 saturated carbocycles. The molecule has 0 heterocycles. The van der Waals surface area contributed by atoms with E-state index in [2.05, 4.69) is 5.32 Å². The molecule has 1 unspecified atom stereocenters. The Labute approximate surface area is 121 Å². The van der Waals surface area contributed by atoms with Gasteiger partial charge in [-0.05, 0) is 26.8 Å². The molecular formula is C13H25ClN2O3. The topological polar surface area (TPSA) is 69.6 Å². The number of aliphatic carboxylic acids is 1. The highest BCUT2D eigenvalue weighted by Gasteiger charge is 2.22. The molecule has 112 valence electrons. The van der Waals surface area contributed by atoms with Crippen LogP contribution in [0.3, 0.4) is 0 Å². The number of likely N-dealkylation sites (N-methyl/N-ethyl adjacent to an activating group) is 1. The average Bonchev–Trinajstić information content (AvgIpc) is 2.36. The van der Waals surface area contributed by atoms with Gasteiger partial charge in [0.2, 0.25) is 5.91 Å². The Balaban J connectivity index is 0.00000324.